The minimum atomic E-state index is -2.06. The lowest BCUT2D eigenvalue weighted by atomic mass is 9.97. The molecule has 0 amide bonds. The van der Waals surface area contributed by atoms with Crippen LogP contribution in [-0.4, -0.2) is 231 Å². The molecule has 0 bridgehead atoms. The van der Waals surface area contributed by atoms with Crippen LogP contribution in [0.2, 0.25) is 0 Å². The van der Waals surface area contributed by atoms with Crippen molar-refractivity contribution in [1.82, 2.24) is 0 Å². The number of ether oxygens (including phenoxy) is 8. The second kappa shape index (κ2) is 20.1. The molecule has 4 saturated heterocycles. The Morgan fingerprint density at radius 2 is 0.908 bits per heavy atom. The Labute approximate surface area is 364 Å². The zero-order valence-corrected chi connectivity index (χ0v) is 33.6. The first-order valence-corrected chi connectivity index (χ1v) is 20.1. The molecule has 0 saturated carbocycles. The normalized spacial score (nSPS) is 40.2. The topological polar surface area (TPSA) is 428 Å². The highest BCUT2D eigenvalue weighted by atomic mass is 16.8. The van der Waals surface area contributed by atoms with Crippen LogP contribution in [0.5, 0.6) is 23.0 Å². The summed E-state index contributed by atoms with van der Waals surface area (Å²) in [5.41, 5.74) is -1.61. The summed E-state index contributed by atoms with van der Waals surface area (Å²) in [5.74, 6) is -2.76. The van der Waals surface area contributed by atoms with Gasteiger partial charge in [-0.05, 0) is 24.3 Å². The molecule has 4 aliphatic heterocycles. The summed E-state index contributed by atoms with van der Waals surface area (Å²) in [6.45, 7) is -3.52. The number of aliphatic hydroxyl groups is 14. The highest BCUT2D eigenvalue weighted by molar-refractivity contribution is 5.88. The summed E-state index contributed by atoms with van der Waals surface area (Å²) in [5, 5.41) is 166. The molecule has 26 nitrogen and oxygen atoms in total. The third-order valence-electron chi connectivity index (χ3n) is 11.5. The zero-order valence-electron chi connectivity index (χ0n) is 33.6. The Hall–Kier alpha value is -3.95. The first kappa shape index (κ1) is 49.0. The summed E-state index contributed by atoms with van der Waals surface area (Å²) >= 11 is 0. The number of phenols is 2. The molecular weight excluding hydrogens is 884 g/mol. The lowest BCUT2D eigenvalue weighted by Gasteiger charge is -2.45. The van der Waals surface area contributed by atoms with Crippen LogP contribution in [0.3, 0.4) is 0 Å². The van der Waals surface area contributed by atoms with Crippen molar-refractivity contribution in [3.8, 4) is 34.3 Å². The van der Waals surface area contributed by atoms with Crippen LogP contribution < -0.4 is 14.9 Å². The van der Waals surface area contributed by atoms with E-state index >= 15 is 0 Å². The summed E-state index contributed by atoms with van der Waals surface area (Å²) in [7, 11) is 0. The van der Waals surface area contributed by atoms with Crippen LogP contribution in [0.25, 0.3) is 22.3 Å². The van der Waals surface area contributed by atoms with Crippen LogP contribution in [0.1, 0.15) is 0 Å². The Balaban J connectivity index is 1.26. The van der Waals surface area contributed by atoms with Gasteiger partial charge in [0.25, 0.3) is 0 Å². The SMILES string of the molecule is O=c1c(O[C@@H]2O[C@H](CO)[C@@H](O)[C@H](O)[C@H]2O[C@@H]2O[C@H](CO)[C@@H](O)[C@H](O)[C@H]2O)c(-c2ccc(O)cc2)oc2cc(O[C@@H]3O[C@H](CO)[C@@H](O)[C@H](O)[C@H]3O[C@@H]3O[C@H](CO)[C@@H](O)[C@H](O)[C@H]3O)cc(O)c12. The molecule has 0 radical (unpaired) electrons. The predicted octanol–water partition coefficient (Wildman–Crippen LogP) is -7.12. The number of phenolic OH excluding ortho intramolecular Hbond substituents is 2. The fourth-order valence-electron chi connectivity index (χ4n) is 7.75. The van der Waals surface area contributed by atoms with Crippen LogP contribution in [-0.2, 0) is 28.4 Å². The molecule has 26 heteroatoms. The summed E-state index contributed by atoms with van der Waals surface area (Å²) < 4.78 is 51.5. The van der Waals surface area contributed by atoms with Crippen LogP contribution in [0.4, 0.5) is 0 Å². The number of aliphatic hydroxyl groups excluding tert-OH is 14. The Morgan fingerprint density at radius 3 is 1.35 bits per heavy atom. The van der Waals surface area contributed by atoms with Crippen molar-refractivity contribution >= 4 is 11.0 Å². The maximum Gasteiger partial charge on any atom is 0.239 e. The number of hydrogen-bond acceptors (Lipinski definition) is 26. The number of aromatic hydroxyl groups is 2. The summed E-state index contributed by atoms with van der Waals surface area (Å²) in [4.78, 5) is 14.5. The monoisotopic (exact) mass is 934 g/mol. The van der Waals surface area contributed by atoms with Gasteiger partial charge in [-0.2, -0.15) is 0 Å². The van der Waals surface area contributed by atoms with Gasteiger partial charge < -0.3 is 124 Å². The molecule has 4 fully saturated rings. The Kier molecular flexibility index (Phi) is 15.1. The third-order valence-corrected chi connectivity index (χ3v) is 11.5. The van der Waals surface area contributed by atoms with E-state index in [-0.39, 0.29) is 11.3 Å². The van der Waals surface area contributed by atoms with Crippen molar-refractivity contribution in [3.05, 3.63) is 46.6 Å². The quantitative estimate of drug-likeness (QED) is 0.0757. The standard InChI is InChI=1S/C39H50O26/c40-7-16-21(46)26(51)30(55)36(59-16)64-34-28(53)23(48)18(9-42)61-38(34)57-13-5-14(45)20-15(6-13)58-32(11-1-3-12(44)4-2-11)33(25(20)50)63-39-35(29(54)24(49)19(10-43)62-39)65-37-31(56)27(52)22(47)17(8-41)60-37/h1-6,16-19,21-24,26-31,34-49,51-56H,7-10H2/t16-,17-,18-,19-,21-,22-,23-,24-,26+,27+,28+,29+,30-,31-,34-,35-,36+,37+,38-,39+/m1/s1. The van der Waals surface area contributed by atoms with E-state index in [9.17, 15) is 86.5 Å². The van der Waals surface area contributed by atoms with E-state index in [1.165, 1.54) is 24.3 Å². The molecule has 0 aliphatic carbocycles. The molecule has 0 unspecified atom stereocenters. The zero-order chi connectivity index (χ0) is 47.2. The Morgan fingerprint density at radius 1 is 0.492 bits per heavy atom. The molecular formula is C39H50O26. The number of rotatable bonds is 13. The molecule has 5 heterocycles. The molecule has 1 aromatic heterocycles. The molecule has 362 valence electrons. The smallest absolute Gasteiger partial charge is 0.239 e. The average Bonchev–Trinajstić information content (AvgIpc) is 3.29. The highest BCUT2D eigenvalue weighted by Crippen LogP contribution is 2.40. The second-order valence-electron chi connectivity index (χ2n) is 15.7. The van der Waals surface area contributed by atoms with E-state index in [4.69, 9.17) is 42.3 Å². The molecule has 7 rings (SSSR count). The lowest BCUT2D eigenvalue weighted by molar-refractivity contribution is -0.358. The van der Waals surface area contributed by atoms with Gasteiger partial charge in [0.05, 0.1) is 26.4 Å². The van der Waals surface area contributed by atoms with Gasteiger partial charge in [-0.3, -0.25) is 4.79 Å². The van der Waals surface area contributed by atoms with Crippen LogP contribution >= 0.6 is 0 Å². The van der Waals surface area contributed by atoms with Crippen molar-refractivity contribution in [1.29, 1.82) is 0 Å². The molecule has 0 spiro atoms. The van der Waals surface area contributed by atoms with Gasteiger partial charge in [-0.1, -0.05) is 0 Å². The second-order valence-corrected chi connectivity index (χ2v) is 15.7. The van der Waals surface area contributed by atoms with Gasteiger partial charge in [-0.25, -0.2) is 0 Å². The lowest BCUT2D eigenvalue weighted by Crippen LogP contribution is -2.65. The van der Waals surface area contributed by atoms with Crippen LogP contribution in [0.15, 0.2) is 45.6 Å². The fourth-order valence-corrected chi connectivity index (χ4v) is 7.75. The fraction of sp³-hybridized carbons (Fsp3) is 0.615. The first-order valence-electron chi connectivity index (χ1n) is 20.1. The molecule has 2 aromatic carbocycles. The van der Waals surface area contributed by atoms with Gasteiger partial charge in [0.2, 0.25) is 23.8 Å². The van der Waals surface area contributed by atoms with Crippen molar-refractivity contribution < 1.29 is 124 Å². The van der Waals surface area contributed by atoms with Crippen molar-refractivity contribution in [2.45, 2.75) is 123 Å². The van der Waals surface area contributed by atoms with Gasteiger partial charge in [0, 0.05) is 17.7 Å². The van der Waals surface area contributed by atoms with E-state index in [1.807, 2.05) is 0 Å². The van der Waals surface area contributed by atoms with E-state index in [0.717, 1.165) is 12.1 Å². The maximum atomic E-state index is 14.5. The average molecular weight is 935 g/mol. The van der Waals surface area contributed by atoms with E-state index in [1.54, 1.807) is 0 Å². The largest absolute Gasteiger partial charge is 0.508 e. The minimum absolute atomic E-state index is 0.00983. The molecule has 20 atom stereocenters. The van der Waals surface area contributed by atoms with E-state index < -0.39 is 189 Å². The van der Waals surface area contributed by atoms with Crippen molar-refractivity contribution in [2.24, 2.45) is 0 Å². The third kappa shape index (κ3) is 9.49. The van der Waals surface area contributed by atoms with Crippen molar-refractivity contribution in [3.63, 3.8) is 0 Å². The summed E-state index contributed by atoms with van der Waals surface area (Å²) in [6.07, 6.45) is -36.9. The molecule has 65 heavy (non-hydrogen) atoms. The molecule has 4 aliphatic rings. The number of hydrogen-bond donors (Lipinski definition) is 16. The Bertz CT molecular complexity index is 2120. The highest BCUT2D eigenvalue weighted by Gasteiger charge is 2.53. The van der Waals surface area contributed by atoms with Crippen molar-refractivity contribution in [2.75, 3.05) is 26.4 Å². The van der Waals surface area contributed by atoms with Gasteiger partial charge >= 0.3 is 0 Å². The number of fused-ring (bicyclic) bond motifs is 1. The van der Waals surface area contributed by atoms with Gasteiger partial charge in [0.15, 0.2) is 30.5 Å². The number of benzene rings is 2. The predicted molar refractivity (Wildman–Crippen MR) is 205 cm³/mol. The molecule has 3 aromatic rings. The van der Waals surface area contributed by atoms with Gasteiger partial charge in [-0.15, -0.1) is 0 Å². The van der Waals surface area contributed by atoms with E-state index in [2.05, 4.69) is 0 Å². The van der Waals surface area contributed by atoms with Gasteiger partial charge in [0.1, 0.15) is 114 Å². The van der Waals surface area contributed by atoms with E-state index in [0.29, 0.717) is 0 Å². The molecule has 16 N–H and O–H groups in total. The van der Waals surface area contributed by atoms with Crippen LogP contribution in [0, 0.1) is 0 Å². The maximum absolute atomic E-state index is 14.5. The summed E-state index contributed by atoms with van der Waals surface area (Å²) in [6, 6.07) is 6.81. The first-order chi connectivity index (χ1) is 30.9. The minimum Gasteiger partial charge on any atom is -0.508 e.